The molecule has 1 saturated carbocycles. The van der Waals surface area contributed by atoms with E-state index in [1.54, 1.807) is 17.0 Å². The van der Waals surface area contributed by atoms with Crippen LogP contribution in [0.25, 0.3) is 10.8 Å². The number of hydrogen-bond acceptors (Lipinski definition) is 4. The SMILES string of the molecule is CN(CCC1CCC(CCc2ccccc2)(N(C)C)CC1)C(=O)CC(NS(=O)(=O)c1ccc2ccccc2c1)c1ccccc1. The summed E-state index contributed by atoms with van der Waals surface area (Å²) in [5.41, 5.74) is 2.39. The lowest BCUT2D eigenvalue weighted by Crippen LogP contribution is -2.47. The van der Waals surface area contributed by atoms with Crippen LogP contribution in [0, 0.1) is 5.92 Å². The summed E-state index contributed by atoms with van der Waals surface area (Å²) in [7, 11) is 2.41. The Labute approximate surface area is 269 Å². The van der Waals surface area contributed by atoms with Crippen LogP contribution in [0.4, 0.5) is 0 Å². The Balaban J connectivity index is 1.18. The molecule has 5 rings (SSSR count). The van der Waals surface area contributed by atoms with Gasteiger partial charge in [0.25, 0.3) is 0 Å². The molecule has 0 saturated heterocycles. The summed E-state index contributed by atoms with van der Waals surface area (Å²) in [5.74, 6) is 0.521. The third-order valence-corrected chi connectivity index (χ3v) is 11.4. The molecule has 1 amide bonds. The van der Waals surface area contributed by atoms with Gasteiger partial charge in [0, 0.05) is 25.6 Å². The summed E-state index contributed by atoms with van der Waals surface area (Å²) < 4.78 is 29.9. The first-order valence-electron chi connectivity index (χ1n) is 16.2. The average molecular weight is 626 g/mol. The van der Waals surface area contributed by atoms with Crippen molar-refractivity contribution in [2.45, 2.75) is 67.8 Å². The third kappa shape index (κ3) is 8.40. The van der Waals surface area contributed by atoms with Gasteiger partial charge in [0.1, 0.15) is 0 Å². The van der Waals surface area contributed by atoms with Crippen LogP contribution < -0.4 is 4.72 Å². The molecule has 0 aliphatic heterocycles. The zero-order chi connectivity index (χ0) is 31.9. The largest absolute Gasteiger partial charge is 0.346 e. The van der Waals surface area contributed by atoms with Crippen LogP contribution in [-0.2, 0) is 21.2 Å². The molecule has 1 aliphatic rings. The summed E-state index contributed by atoms with van der Waals surface area (Å²) >= 11 is 0. The smallest absolute Gasteiger partial charge is 0.241 e. The van der Waals surface area contributed by atoms with Gasteiger partial charge in [-0.05, 0) is 99.0 Å². The monoisotopic (exact) mass is 625 g/mol. The summed E-state index contributed by atoms with van der Waals surface area (Å²) in [5, 5.41) is 1.83. The Morgan fingerprint density at radius 2 is 1.47 bits per heavy atom. The quantitative estimate of drug-likeness (QED) is 0.170. The first kappa shape index (κ1) is 32.9. The van der Waals surface area contributed by atoms with Gasteiger partial charge in [-0.3, -0.25) is 4.79 Å². The van der Waals surface area contributed by atoms with Gasteiger partial charge in [-0.15, -0.1) is 0 Å². The molecule has 1 aliphatic carbocycles. The lowest BCUT2D eigenvalue weighted by Gasteiger charge is -2.45. The Morgan fingerprint density at radius 3 is 2.13 bits per heavy atom. The number of benzene rings is 4. The Morgan fingerprint density at radius 1 is 0.844 bits per heavy atom. The lowest BCUT2D eigenvalue weighted by molar-refractivity contribution is -0.130. The van der Waals surface area contributed by atoms with Crippen LogP contribution in [0.15, 0.2) is 108 Å². The van der Waals surface area contributed by atoms with E-state index in [-0.39, 0.29) is 22.8 Å². The Hall–Kier alpha value is -3.52. The van der Waals surface area contributed by atoms with Crippen LogP contribution >= 0.6 is 0 Å². The summed E-state index contributed by atoms with van der Waals surface area (Å²) in [6.07, 6.45) is 7.92. The minimum absolute atomic E-state index is 0.0568. The fourth-order valence-corrected chi connectivity index (χ4v) is 8.04. The molecular formula is C38H47N3O3S. The van der Waals surface area contributed by atoms with Crippen LogP contribution in [0.5, 0.6) is 0 Å². The van der Waals surface area contributed by atoms with Crippen LogP contribution in [0.3, 0.4) is 0 Å². The molecule has 0 radical (unpaired) electrons. The molecule has 45 heavy (non-hydrogen) atoms. The third-order valence-electron chi connectivity index (χ3n) is 9.91. The molecule has 6 nitrogen and oxygen atoms in total. The van der Waals surface area contributed by atoms with Crippen LogP contribution in [0.2, 0.25) is 0 Å². The molecule has 1 unspecified atom stereocenters. The van der Waals surface area contributed by atoms with Gasteiger partial charge in [0.15, 0.2) is 0 Å². The van der Waals surface area contributed by atoms with Crippen molar-refractivity contribution in [2.24, 2.45) is 5.92 Å². The van der Waals surface area contributed by atoms with Crippen LogP contribution in [-0.4, -0.2) is 57.4 Å². The molecule has 238 valence electrons. The predicted molar refractivity (Wildman–Crippen MR) is 183 cm³/mol. The number of nitrogens with one attached hydrogen (secondary N) is 1. The molecule has 0 aromatic heterocycles. The first-order chi connectivity index (χ1) is 21.6. The maximum atomic E-state index is 13.5. The molecule has 1 atom stereocenters. The number of sulfonamides is 1. The van der Waals surface area contributed by atoms with Crippen molar-refractivity contribution in [2.75, 3.05) is 27.7 Å². The summed E-state index contributed by atoms with van der Waals surface area (Å²) in [6.45, 7) is 0.668. The number of fused-ring (bicyclic) bond motifs is 1. The van der Waals surface area contributed by atoms with E-state index in [1.807, 2.05) is 67.7 Å². The Kier molecular flexibility index (Phi) is 10.7. The normalized spacial score (nSPS) is 19.4. The van der Waals surface area contributed by atoms with Crippen molar-refractivity contribution in [3.63, 3.8) is 0 Å². The van der Waals surface area contributed by atoms with E-state index in [0.29, 0.717) is 12.5 Å². The predicted octanol–water partition coefficient (Wildman–Crippen LogP) is 7.22. The molecule has 1 fully saturated rings. The van der Waals surface area contributed by atoms with Crippen molar-refractivity contribution < 1.29 is 13.2 Å². The van der Waals surface area contributed by atoms with E-state index in [9.17, 15) is 13.2 Å². The highest BCUT2D eigenvalue weighted by Gasteiger charge is 2.37. The fourth-order valence-electron chi connectivity index (χ4n) is 6.78. The van der Waals surface area contributed by atoms with Crippen molar-refractivity contribution >= 4 is 26.7 Å². The van der Waals surface area contributed by atoms with Gasteiger partial charge < -0.3 is 9.80 Å². The van der Waals surface area contributed by atoms with Gasteiger partial charge in [-0.1, -0.05) is 91.0 Å². The van der Waals surface area contributed by atoms with Gasteiger partial charge in [-0.2, -0.15) is 0 Å². The second-order valence-corrected chi connectivity index (χ2v) is 14.7. The number of hydrogen-bond donors (Lipinski definition) is 1. The van der Waals surface area contributed by atoms with Gasteiger partial charge in [-0.25, -0.2) is 13.1 Å². The van der Waals surface area contributed by atoms with E-state index in [0.717, 1.165) is 48.4 Å². The van der Waals surface area contributed by atoms with Crippen molar-refractivity contribution in [1.29, 1.82) is 0 Å². The molecule has 4 aromatic carbocycles. The highest BCUT2D eigenvalue weighted by molar-refractivity contribution is 7.89. The lowest BCUT2D eigenvalue weighted by atomic mass is 9.72. The molecular weight excluding hydrogens is 579 g/mol. The van der Waals surface area contributed by atoms with Crippen molar-refractivity contribution in [1.82, 2.24) is 14.5 Å². The zero-order valence-corrected chi connectivity index (χ0v) is 27.7. The second kappa shape index (κ2) is 14.7. The number of nitrogens with zero attached hydrogens (tertiary/aromatic N) is 2. The van der Waals surface area contributed by atoms with Gasteiger partial charge >= 0.3 is 0 Å². The number of carbonyl (C=O) groups excluding carboxylic acids is 1. The second-order valence-electron chi connectivity index (χ2n) is 12.9. The van der Waals surface area contributed by atoms with E-state index < -0.39 is 16.1 Å². The number of rotatable bonds is 13. The van der Waals surface area contributed by atoms with Gasteiger partial charge in [0.2, 0.25) is 15.9 Å². The summed E-state index contributed by atoms with van der Waals surface area (Å²) in [4.78, 5) is 17.9. The van der Waals surface area contributed by atoms with E-state index in [4.69, 9.17) is 0 Å². The highest BCUT2D eigenvalue weighted by Crippen LogP contribution is 2.40. The standard InChI is InChI=1S/C38H47N3O3S/c1-40(2)38(24-20-30-12-6-4-7-13-30)25-21-31(22-26-38)23-27-41(3)37(42)29-36(33-15-8-5-9-16-33)39-45(43,44)35-19-18-32-14-10-11-17-34(32)28-35/h4-19,28,31,36,39H,20-27,29H2,1-3H3. The molecule has 4 aromatic rings. The average Bonchev–Trinajstić information content (AvgIpc) is 3.06. The van der Waals surface area contributed by atoms with Crippen LogP contribution in [0.1, 0.15) is 62.1 Å². The first-order valence-corrected chi connectivity index (χ1v) is 17.6. The number of carbonyl (C=O) groups is 1. The minimum atomic E-state index is -3.87. The van der Waals surface area contributed by atoms with E-state index in [2.05, 4.69) is 54.0 Å². The van der Waals surface area contributed by atoms with E-state index in [1.165, 1.54) is 18.4 Å². The number of aryl methyl sites for hydroxylation is 1. The highest BCUT2D eigenvalue weighted by atomic mass is 32.2. The zero-order valence-electron chi connectivity index (χ0n) is 26.9. The Bertz CT molecular complexity index is 1650. The number of amides is 1. The minimum Gasteiger partial charge on any atom is -0.346 e. The fraction of sp³-hybridized carbons (Fsp3) is 0.395. The van der Waals surface area contributed by atoms with Gasteiger partial charge in [0.05, 0.1) is 10.9 Å². The molecule has 1 N–H and O–H groups in total. The maximum Gasteiger partial charge on any atom is 0.241 e. The van der Waals surface area contributed by atoms with Crippen molar-refractivity contribution in [3.05, 3.63) is 114 Å². The topological polar surface area (TPSA) is 69.7 Å². The molecule has 0 heterocycles. The maximum absolute atomic E-state index is 13.5. The molecule has 0 bridgehead atoms. The van der Waals surface area contributed by atoms with E-state index >= 15 is 0 Å². The van der Waals surface area contributed by atoms with Crippen molar-refractivity contribution in [3.8, 4) is 0 Å². The molecule has 7 heteroatoms. The summed E-state index contributed by atoms with van der Waals surface area (Å²) in [6, 6.07) is 32.3. The molecule has 0 spiro atoms.